The fourth-order valence-electron chi connectivity index (χ4n) is 2.53. The largest absolute Gasteiger partial charge is 0.376 e. The summed E-state index contributed by atoms with van der Waals surface area (Å²) in [5.74, 6) is -0.486. The second kappa shape index (κ2) is 9.34. The van der Waals surface area contributed by atoms with Gasteiger partial charge in [-0.2, -0.15) is 0 Å². The van der Waals surface area contributed by atoms with E-state index in [-0.39, 0.29) is 29.7 Å². The standard InChI is InChI=1S/C19H26N2O4/c1-14(2)25-13-17-12-21(9-10-24-17)19(23)18(20-15(3)22)11-16-7-5-4-6-8-16/h4-8,11,14,17H,9-10,12-13H2,1-3H3,(H,20,22)/b18-11+. The number of morpholine rings is 1. The van der Waals surface area contributed by atoms with Gasteiger partial charge in [0.15, 0.2) is 0 Å². The number of amides is 2. The highest BCUT2D eigenvalue weighted by molar-refractivity contribution is 6.01. The van der Waals surface area contributed by atoms with E-state index >= 15 is 0 Å². The summed E-state index contributed by atoms with van der Waals surface area (Å²) in [6.45, 7) is 7.15. The molecule has 1 fully saturated rings. The molecular weight excluding hydrogens is 320 g/mol. The van der Waals surface area contributed by atoms with E-state index in [1.165, 1.54) is 6.92 Å². The van der Waals surface area contributed by atoms with Crippen LogP contribution < -0.4 is 5.32 Å². The number of rotatable bonds is 6. The van der Waals surface area contributed by atoms with E-state index < -0.39 is 0 Å². The molecule has 0 aliphatic carbocycles. The van der Waals surface area contributed by atoms with E-state index in [9.17, 15) is 9.59 Å². The smallest absolute Gasteiger partial charge is 0.270 e. The average molecular weight is 346 g/mol. The summed E-state index contributed by atoms with van der Waals surface area (Å²) in [6, 6.07) is 9.44. The molecular formula is C19H26N2O4. The van der Waals surface area contributed by atoms with Gasteiger partial charge in [0.05, 0.1) is 25.4 Å². The number of carbonyl (C=O) groups excluding carboxylic acids is 2. The fraction of sp³-hybridized carbons (Fsp3) is 0.474. The highest BCUT2D eigenvalue weighted by atomic mass is 16.5. The molecule has 0 saturated carbocycles. The van der Waals surface area contributed by atoms with Crippen LogP contribution in [-0.4, -0.2) is 55.2 Å². The molecule has 0 spiro atoms. The first-order valence-electron chi connectivity index (χ1n) is 8.52. The molecule has 1 aromatic carbocycles. The third-order valence-electron chi connectivity index (χ3n) is 3.69. The van der Waals surface area contributed by atoms with Crippen molar-refractivity contribution in [1.29, 1.82) is 0 Å². The number of ether oxygens (including phenoxy) is 2. The van der Waals surface area contributed by atoms with Crippen molar-refractivity contribution >= 4 is 17.9 Å². The summed E-state index contributed by atoms with van der Waals surface area (Å²) in [5.41, 5.74) is 1.12. The van der Waals surface area contributed by atoms with Crippen LogP contribution in [0.15, 0.2) is 36.0 Å². The summed E-state index contributed by atoms with van der Waals surface area (Å²) in [6.07, 6.45) is 1.65. The zero-order valence-corrected chi connectivity index (χ0v) is 15.0. The van der Waals surface area contributed by atoms with Crippen molar-refractivity contribution in [2.45, 2.75) is 33.0 Å². The fourth-order valence-corrected chi connectivity index (χ4v) is 2.53. The van der Waals surface area contributed by atoms with Crippen molar-refractivity contribution < 1.29 is 19.1 Å². The Balaban J connectivity index is 2.10. The van der Waals surface area contributed by atoms with Crippen molar-refractivity contribution in [2.75, 3.05) is 26.3 Å². The maximum atomic E-state index is 12.9. The molecule has 1 unspecified atom stereocenters. The molecule has 2 amide bonds. The molecule has 2 rings (SSSR count). The van der Waals surface area contributed by atoms with Gasteiger partial charge >= 0.3 is 0 Å². The quantitative estimate of drug-likeness (QED) is 0.798. The second-order valence-electron chi connectivity index (χ2n) is 6.28. The topological polar surface area (TPSA) is 67.9 Å². The predicted molar refractivity (Wildman–Crippen MR) is 95.6 cm³/mol. The average Bonchev–Trinajstić information content (AvgIpc) is 2.59. The third kappa shape index (κ3) is 6.32. The van der Waals surface area contributed by atoms with Crippen LogP contribution in [0.25, 0.3) is 6.08 Å². The van der Waals surface area contributed by atoms with Gasteiger partial charge in [0, 0.05) is 20.0 Å². The molecule has 136 valence electrons. The maximum absolute atomic E-state index is 12.9. The third-order valence-corrected chi connectivity index (χ3v) is 3.69. The molecule has 6 nitrogen and oxygen atoms in total. The van der Waals surface area contributed by atoms with Crippen LogP contribution in [0.2, 0.25) is 0 Å². The van der Waals surface area contributed by atoms with Gasteiger partial charge in [-0.05, 0) is 25.5 Å². The first kappa shape index (κ1) is 19.1. The van der Waals surface area contributed by atoms with Gasteiger partial charge in [-0.25, -0.2) is 0 Å². The van der Waals surface area contributed by atoms with Crippen LogP contribution in [0.1, 0.15) is 26.3 Å². The van der Waals surface area contributed by atoms with Crippen LogP contribution in [0.5, 0.6) is 0 Å². The molecule has 1 aliphatic rings. The molecule has 0 aromatic heterocycles. The molecule has 1 heterocycles. The van der Waals surface area contributed by atoms with Crippen LogP contribution >= 0.6 is 0 Å². The van der Waals surface area contributed by atoms with E-state index in [4.69, 9.17) is 9.47 Å². The molecule has 0 bridgehead atoms. The minimum Gasteiger partial charge on any atom is -0.376 e. The lowest BCUT2D eigenvalue weighted by atomic mass is 10.1. The first-order chi connectivity index (χ1) is 12.0. The van der Waals surface area contributed by atoms with Gasteiger partial charge in [0.25, 0.3) is 5.91 Å². The highest BCUT2D eigenvalue weighted by Gasteiger charge is 2.27. The summed E-state index contributed by atoms with van der Waals surface area (Å²) in [7, 11) is 0. The van der Waals surface area contributed by atoms with Gasteiger partial charge < -0.3 is 19.7 Å². The van der Waals surface area contributed by atoms with Crippen LogP contribution in [0, 0.1) is 0 Å². The summed E-state index contributed by atoms with van der Waals surface area (Å²) >= 11 is 0. The molecule has 0 radical (unpaired) electrons. The lowest BCUT2D eigenvalue weighted by Crippen LogP contribution is -2.49. The molecule has 25 heavy (non-hydrogen) atoms. The number of nitrogens with one attached hydrogen (secondary N) is 1. The number of benzene rings is 1. The van der Waals surface area contributed by atoms with E-state index in [2.05, 4.69) is 5.32 Å². The maximum Gasteiger partial charge on any atom is 0.270 e. The van der Waals surface area contributed by atoms with Gasteiger partial charge in [-0.3, -0.25) is 9.59 Å². The molecule has 1 aliphatic heterocycles. The Morgan fingerprint density at radius 2 is 2.08 bits per heavy atom. The number of hydrogen-bond acceptors (Lipinski definition) is 4. The highest BCUT2D eigenvalue weighted by Crippen LogP contribution is 2.12. The molecule has 1 aromatic rings. The lowest BCUT2D eigenvalue weighted by molar-refractivity contribution is -0.139. The van der Waals surface area contributed by atoms with Gasteiger partial charge in [-0.15, -0.1) is 0 Å². The van der Waals surface area contributed by atoms with Crippen LogP contribution in [0.3, 0.4) is 0 Å². The predicted octanol–water partition coefficient (Wildman–Crippen LogP) is 1.82. The van der Waals surface area contributed by atoms with Crippen molar-refractivity contribution in [1.82, 2.24) is 10.2 Å². The Kier molecular flexibility index (Phi) is 7.16. The van der Waals surface area contributed by atoms with Crippen LogP contribution in [0.4, 0.5) is 0 Å². The van der Waals surface area contributed by atoms with Gasteiger partial charge in [0.1, 0.15) is 5.70 Å². The van der Waals surface area contributed by atoms with E-state index in [1.807, 2.05) is 44.2 Å². The van der Waals surface area contributed by atoms with Crippen molar-refractivity contribution in [3.05, 3.63) is 41.6 Å². The Hall–Kier alpha value is -2.18. The van der Waals surface area contributed by atoms with Crippen LogP contribution in [-0.2, 0) is 19.1 Å². The van der Waals surface area contributed by atoms with Crippen molar-refractivity contribution in [2.24, 2.45) is 0 Å². The van der Waals surface area contributed by atoms with Crippen molar-refractivity contribution in [3.63, 3.8) is 0 Å². The van der Waals surface area contributed by atoms with E-state index in [0.717, 1.165) is 5.56 Å². The number of nitrogens with zero attached hydrogens (tertiary/aromatic N) is 1. The molecule has 1 atom stereocenters. The van der Waals surface area contributed by atoms with Gasteiger partial charge in [-0.1, -0.05) is 30.3 Å². The minimum absolute atomic E-state index is 0.114. The Bertz CT molecular complexity index is 613. The lowest BCUT2D eigenvalue weighted by Gasteiger charge is -2.33. The second-order valence-corrected chi connectivity index (χ2v) is 6.28. The minimum atomic E-state index is -0.275. The Morgan fingerprint density at radius 3 is 2.72 bits per heavy atom. The first-order valence-corrected chi connectivity index (χ1v) is 8.52. The van der Waals surface area contributed by atoms with E-state index in [0.29, 0.717) is 26.3 Å². The zero-order chi connectivity index (χ0) is 18.2. The number of carbonyl (C=O) groups is 2. The van der Waals surface area contributed by atoms with E-state index in [1.54, 1.807) is 11.0 Å². The zero-order valence-electron chi connectivity index (χ0n) is 15.0. The Labute approximate surface area is 148 Å². The SMILES string of the molecule is CC(=O)N/C(=C/c1ccccc1)C(=O)N1CCOC(COC(C)C)C1. The molecule has 1 saturated heterocycles. The summed E-state index contributed by atoms with van der Waals surface area (Å²) in [5, 5.41) is 2.65. The normalized spacial score (nSPS) is 18.3. The molecule has 1 N–H and O–H groups in total. The van der Waals surface area contributed by atoms with Gasteiger partial charge in [0.2, 0.25) is 5.91 Å². The Morgan fingerprint density at radius 1 is 1.36 bits per heavy atom. The monoisotopic (exact) mass is 346 g/mol. The number of hydrogen-bond donors (Lipinski definition) is 1. The summed E-state index contributed by atoms with van der Waals surface area (Å²) < 4.78 is 11.2. The molecule has 6 heteroatoms. The summed E-state index contributed by atoms with van der Waals surface area (Å²) in [4.78, 5) is 26.1. The van der Waals surface area contributed by atoms with Crippen molar-refractivity contribution in [3.8, 4) is 0 Å².